The molecule has 2 aromatic heterocycles. The number of benzene rings is 1. The number of ether oxygens (including phenoxy) is 1. The van der Waals surface area contributed by atoms with E-state index in [1.165, 1.54) is 6.42 Å². The Labute approximate surface area is 240 Å². The van der Waals surface area contributed by atoms with Gasteiger partial charge in [-0.25, -0.2) is 9.59 Å². The van der Waals surface area contributed by atoms with E-state index < -0.39 is 17.3 Å². The van der Waals surface area contributed by atoms with Gasteiger partial charge in [0.15, 0.2) is 0 Å². The van der Waals surface area contributed by atoms with Crippen LogP contribution in [0.4, 0.5) is 16.5 Å². The van der Waals surface area contributed by atoms with Gasteiger partial charge in [0.05, 0.1) is 16.8 Å². The quantitative estimate of drug-likeness (QED) is 0.347. The molecule has 1 atom stereocenters. The number of fused-ring (bicyclic) bond motifs is 1. The number of nitrogens with zero attached hydrogens (tertiary/aromatic N) is 3. The van der Waals surface area contributed by atoms with E-state index >= 15 is 0 Å². The van der Waals surface area contributed by atoms with E-state index in [-0.39, 0.29) is 29.1 Å². The number of hydrogen-bond acceptors (Lipinski definition) is 8. The Morgan fingerprint density at radius 2 is 1.93 bits per heavy atom. The van der Waals surface area contributed by atoms with Crippen molar-refractivity contribution in [2.75, 3.05) is 30.8 Å². The van der Waals surface area contributed by atoms with Crippen LogP contribution in [0.3, 0.4) is 0 Å². The molecule has 1 aliphatic rings. The number of carbonyl (C=O) groups is 2. The average molecular weight is 564 g/mol. The lowest BCUT2D eigenvalue weighted by atomic mass is 9.79. The Morgan fingerprint density at radius 1 is 1.17 bits per heavy atom. The minimum atomic E-state index is -0.652. The summed E-state index contributed by atoms with van der Waals surface area (Å²) in [4.78, 5) is 49.4. The summed E-state index contributed by atoms with van der Waals surface area (Å²) in [7, 11) is 1.84. The van der Waals surface area contributed by atoms with Crippen LogP contribution in [0.5, 0.6) is 0 Å². The predicted molar refractivity (Wildman–Crippen MR) is 159 cm³/mol. The zero-order chi connectivity index (χ0) is 29.6. The summed E-state index contributed by atoms with van der Waals surface area (Å²) in [5, 5.41) is 6.12. The molecule has 10 heteroatoms. The Hall–Kier alpha value is -3.95. The first kappa shape index (κ1) is 30.0. The van der Waals surface area contributed by atoms with Crippen molar-refractivity contribution < 1.29 is 18.7 Å². The number of aryl methyl sites for hydroxylation is 1. The molecule has 1 aromatic carbocycles. The maximum Gasteiger partial charge on any atom is 0.412 e. The number of anilines is 2. The van der Waals surface area contributed by atoms with Gasteiger partial charge in [-0.05, 0) is 82.2 Å². The van der Waals surface area contributed by atoms with Crippen molar-refractivity contribution in [1.29, 1.82) is 0 Å². The summed E-state index contributed by atoms with van der Waals surface area (Å²) in [6.45, 7) is 7.97. The standard InChI is InChI=1S/C31H41N5O5/c1-20-24(35-30(39)41-31(2,3)4)13-14-25-26(20)28(38)40-29(34-25)33-19-23(22-11-7-6-8-12-22)27(37)36(5)17-15-21-10-9-16-32-18-21/h9-10,13-14,16,18,22-23H,6-8,11-12,15,17,19H2,1-5H3,(H,33,34)(H,35,39). The van der Waals surface area contributed by atoms with Crippen LogP contribution >= 0.6 is 0 Å². The second kappa shape index (κ2) is 13.1. The Balaban J connectivity index is 1.48. The van der Waals surface area contributed by atoms with E-state index in [1.54, 1.807) is 50.9 Å². The van der Waals surface area contributed by atoms with E-state index in [0.717, 1.165) is 37.7 Å². The molecule has 0 saturated heterocycles. The van der Waals surface area contributed by atoms with Gasteiger partial charge in [0, 0.05) is 38.2 Å². The Kier molecular flexibility index (Phi) is 9.62. The second-order valence-corrected chi connectivity index (χ2v) is 11.8. The van der Waals surface area contributed by atoms with Crippen molar-refractivity contribution in [2.45, 2.75) is 71.8 Å². The van der Waals surface area contributed by atoms with Gasteiger partial charge in [0.1, 0.15) is 5.60 Å². The first-order valence-corrected chi connectivity index (χ1v) is 14.3. The summed E-state index contributed by atoms with van der Waals surface area (Å²) in [6, 6.07) is 7.32. The molecule has 2 heterocycles. The number of rotatable bonds is 9. The summed E-state index contributed by atoms with van der Waals surface area (Å²) in [5.41, 5.74) is 1.27. The second-order valence-electron chi connectivity index (χ2n) is 11.8. The maximum absolute atomic E-state index is 13.6. The van der Waals surface area contributed by atoms with Gasteiger partial charge in [0.25, 0.3) is 6.01 Å². The van der Waals surface area contributed by atoms with Gasteiger partial charge in [-0.15, -0.1) is 0 Å². The minimum Gasteiger partial charge on any atom is -0.444 e. The molecule has 1 unspecified atom stereocenters. The Morgan fingerprint density at radius 3 is 2.61 bits per heavy atom. The molecule has 3 aromatic rings. The SMILES string of the molecule is Cc1c(NC(=O)OC(C)(C)C)ccc2nc(NCC(C(=O)N(C)CCc3cccnc3)C3CCCCC3)oc(=O)c12. The molecule has 0 bridgehead atoms. The number of hydrogen-bond donors (Lipinski definition) is 2. The van der Waals surface area contributed by atoms with Crippen LogP contribution < -0.4 is 16.3 Å². The molecule has 2 N–H and O–H groups in total. The van der Waals surface area contributed by atoms with Crippen LogP contribution in [0.15, 0.2) is 45.9 Å². The van der Waals surface area contributed by atoms with E-state index in [1.807, 2.05) is 25.4 Å². The van der Waals surface area contributed by atoms with Crippen molar-refractivity contribution in [3.8, 4) is 0 Å². The third kappa shape index (κ3) is 8.05. The highest BCUT2D eigenvalue weighted by atomic mass is 16.6. The highest BCUT2D eigenvalue weighted by Gasteiger charge is 2.32. The fourth-order valence-corrected chi connectivity index (χ4v) is 5.37. The lowest BCUT2D eigenvalue weighted by Crippen LogP contribution is -2.41. The minimum absolute atomic E-state index is 0.0707. The van der Waals surface area contributed by atoms with Gasteiger partial charge in [-0.2, -0.15) is 4.98 Å². The fourth-order valence-electron chi connectivity index (χ4n) is 5.37. The number of aromatic nitrogens is 2. The number of nitrogens with one attached hydrogen (secondary N) is 2. The third-order valence-corrected chi connectivity index (χ3v) is 7.54. The van der Waals surface area contributed by atoms with Crippen LogP contribution in [-0.4, -0.2) is 52.6 Å². The van der Waals surface area contributed by atoms with Crippen LogP contribution in [-0.2, 0) is 16.0 Å². The summed E-state index contributed by atoms with van der Waals surface area (Å²) < 4.78 is 10.9. The summed E-state index contributed by atoms with van der Waals surface area (Å²) in [5.74, 6) is 0.0600. The molecule has 10 nitrogen and oxygen atoms in total. The van der Waals surface area contributed by atoms with Crippen molar-refractivity contribution in [2.24, 2.45) is 11.8 Å². The first-order valence-electron chi connectivity index (χ1n) is 14.3. The molecular weight excluding hydrogens is 522 g/mol. The molecule has 0 radical (unpaired) electrons. The van der Waals surface area contributed by atoms with Crippen molar-refractivity contribution in [3.05, 3.63) is 58.2 Å². The molecule has 220 valence electrons. The molecular formula is C31H41N5O5. The zero-order valence-electron chi connectivity index (χ0n) is 24.7. The van der Waals surface area contributed by atoms with E-state index in [0.29, 0.717) is 29.9 Å². The molecule has 41 heavy (non-hydrogen) atoms. The first-order chi connectivity index (χ1) is 19.5. The fraction of sp³-hybridized carbons (Fsp3) is 0.516. The highest BCUT2D eigenvalue weighted by Crippen LogP contribution is 2.32. The van der Waals surface area contributed by atoms with Gasteiger partial charge in [0.2, 0.25) is 5.91 Å². The van der Waals surface area contributed by atoms with Crippen molar-refractivity contribution in [3.63, 3.8) is 0 Å². The van der Waals surface area contributed by atoms with Crippen molar-refractivity contribution >= 4 is 34.6 Å². The summed E-state index contributed by atoms with van der Waals surface area (Å²) in [6.07, 6.45) is 9.07. The molecule has 4 rings (SSSR count). The highest BCUT2D eigenvalue weighted by molar-refractivity contribution is 5.93. The van der Waals surface area contributed by atoms with Gasteiger partial charge >= 0.3 is 11.7 Å². The van der Waals surface area contributed by atoms with Gasteiger partial charge in [-0.3, -0.25) is 15.1 Å². The number of carbonyl (C=O) groups excluding carboxylic acids is 2. The molecule has 1 saturated carbocycles. The molecule has 1 fully saturated rings. The summed E-state index contributed by atoms with van der Waals surface area (Å²) >= 11 is 0. The van der Waals surface area contributed by atoms with Gasteiger partial charge in [-0.1, -0.05) is 25.3 Å². The molecule has 0 spiro atoms. The van der Waals surface area contributed by atoms with E-state index in [2.05, 4.69) is 20.6 Å². The van der Waals surface area contributed by atoms with Crippen molar-refractivity contribution in [1.82, 2.24) is 14.9 Å². The topological polar surface area (TPSA) is 127 Å². The van der Waals surface area contributed by atoms with Crippen LogP contribution in [0.2, 0.25) is 0 Å². The number of likely N-dealkylation sites (N-methyl/N-ethyl adjacent to an activating group) is 1. The average Bonchev–Trinajstić information content (AvgIpc) is 2.93. The van der Waals surface area contributed by atoms with Crippen LogP contribution in [0.1, 0.15) is 64.0 Å². The van der Waals surface area contributed by atoms with Crippen LogP contribution in [0.25, 0.3) is 10.9 Å². The molecule has 2 amide bonds. The number of amides is 2. The predicted octanol–water partition coefficient (Wildman–Crippen LogP) is 5.55. The third-order valence-electron chi connectivity index (χ3n) is 7.54. The Bertz CT molecular complexity index is 1410. The van der Waals surface area contributed by atoms with E-state index in [4.69, 9.17) is 9.15 Å². The molecule has 0 aliphatic heterocycles. The molecule has 1 aliphatic carbocycles. The number of pyridine rings is 1. The lowest BCUT2D eigenvalue weighted by molar-refractivity contribution is -0.135. The lowest BCUT2D eigenvalue weighted by Gasteiger charge is -2.32. The largest absolute Gasteiger partial charge is 0.444 e. The van der Waals surface area contributed by atoms with Gasteiger partial charge < -0.3 is 19.4 Å². The van der Waals surface area contributed by atoms with Crippen LogP contribution in [0, 0.1) is 18.8 Å². The zero-order valence-corrected chi connectivity index (χ0v) is 24.7. The van der Waals surface area contributed by atoms with E-state index in [9.17, 15) is 14.4 Å². The smallest absolute Gasteiger partial charge is 0.412 e. The monoisotopic (exact) mass is 563 g/mol. The maximum atomic E-state index is 13.6. The normalized spacial score (nSPS) is 14.9.